The summed E-state index contributed by atoms with van der Waals surface area (Å²) < 4.78 is 0. The molecule has 1 saturated heterocycles. The van der Waals surface area contributed by atoms with Gasteiger partial charge in [0.05, 0.1) is 23.3 Å². The first-order valence-corrected chi connectivity index (χ1v) is 9.75. The molecule has 27 heavy (non-hydrogen) atoms. The Hall–Kier alpha value is -2.90. The number of pyridine rings is 1. The lowest BCUT2D eigenvalue weighted by Gasteiger charge is -2.29. The van der Waals surface area contributed by atoms with Crippen molar-refractivity contribution in [2.75, 3.05) is 42.1 Å². The molecule has 3 aromatic rings. The number of thiophene rings is 1. The quantitative estimate of drug-likeness (QED) is 0.607. The van der Waals surface area contributed by atoms with E-state index in [1.165, 1.54) is 0 Å². The highest BCUT2D eigenvalue weighted by Crippen LogP contribution is 2.30. The van der Waals surface area contributed by atoms with Gasteiger partial charge < -0.3 is 21.3 Å². The number of nitrogens with zero attached hydrogens (tertiary/aromatic N) is 2. The van der Waals surface area contributed by atoms with Gasteiger partial charge in [-0.25, -0.2) is 4.98 Å². The van der Waals surface area contributed by atoms with E-state index < -0.39 is 0 Å². The van der Waals surface area contributed by atoms with E-state index in [9.17, 15) is 4.79 Å². The van der Waals surface area contributed by atoms with E-state index >= 15 is 0 Å². The maximum Gasteiger partial charge on any atom is 0.274 e. The van der Waals surface area contributed by atoms with Gasteiger partial charge in [0, 0.05) is 31.1 Å². The van der Waals surface area contributed by atoms with Crippen LogP contribution in [-0.4, -0.2) is 37.1 Å². The fraction of sp³-hybridized carbons (Fsp3) is 0.200. The Bertz CT molecular complexity index is 918. The van der Waals surface area contributed by atoms with E-state index in [0.717, 1.165) is 42.3 Å². The van der Waals surface area contributed by atoms with Gasteiger partial charge in [0.15, 0.2) is 0 Å². The minimum Gasteiger partial charge on any atom is -0.397 e. The van der Waals surface area contributed by atoms with Gasteiger partial charge in [0.25, 0.3) is 5.91 Å². The van der Waals surface area contributed by atoms with E-state index in [2.05, 4.69) is 20.5 Å². The van der Waals surface area contributed by atoms with Gasteiger partial charge in [-0.1, -0.05) is 12.1 Å². The minimum absolute atomic E-state index is 0.267. The maximum atomic E-state index is 12.6. The third-order valence-corrected chi connectivity index (χ3v) is 5.49. The highest BCUT2D eigenvalue weighted by molar-refractivity contribution is 7.13. The second kappa shape index (κ2) is 7.77. The van der Waals surface area contributed by atoms with Crippen LogP contribution in [-0.2, 0) is 0 Å². The lowest BCUT2D eigenvalue weighted by Crippen LogP contribution is -2.43. The topological polar surface area (TPSA) is 83.3 Å². The molecule has 1 aromatic carbocycles. The molecule has 138 valence electrons. The van der Waals surface area contributed by atoms with Crippen LogP contribution in [0.25, 0.3) is 10.4 Å². The van der Waals surface area contributed by atoms with Gasteiger partial charge in [-0.05, 0) is 41.3 Å². The van der Waals surface area contributed by atoms with Crippen molar-refractivity contribution in [1.82, 2.24) is 10.3 Å². The number of nitrogen functional groups attached to an aromatic ring is 1. The summed E-state index contributed by atoms with van der Waals surface area (Å²) in [6.45, 7) is 3.81. The molecule has 4 rings (SSSR count). The van der Waals surface area contributed by atoms with Crippen molar-refractivity contribution in [3.8, 4) is 10.4 Å². The zero-order valence-corrected chi connectivity index (χ0v) is 15.6. The number of nitrogens with one attached hydrogen (secondary N) is 2. The molecule has 2 aromatic heterocycles. The fourth-order valence-corrected chi connectivity index (χ4v) is 3.80. The number of nitrogens with two attached hydrogens (primary N) is 1. The molecule has 0 spiro atoms. The SMILES string of the molecule is Nc1ccc(-c2cccs2)cc1NC(=O)c1ccc(N2CCNCC2)cn1. The van der Waals surface area contributed by atoms with Crippen LogP contribution in [0.15, 0.2) is 54.0 Å². The van der Waals surface area contributed by atoms with E-state index in [4.69, 9.17) is 5.73 Å². The highest BCUT2D eigenvalue weighted by Gasteiger charge is 2.14. The summed E-state index contributed by atoms with van der Waals surface area (Å²) in [5.41, 5.74) is 9.60. The molecular weight excluding hydrogens is 358 g/mol. The normalized spacial score (nSPS) is 14.1. The summed E-state index contributed by atoms with van der Waals surface area (Å²) in [6, 6.07) is 13.4. The standard InChI is InChI=1S/C20H21N5OS/c21-16-5-3-14(19-2-1-11-27-19)12-18(16)24-20(26)17-6-4-15(13-23-17)25-9-7-22-8-10-25/h1-6,11-13,22H,7-10,21H2,(H,24,26). The van der Waals surface area contributed by atoms with Crippen molar-refractivity contribution < 1.29 is 4.79 Å². The Kier molecular flexibility index (Phi) is 5.04. The number of aromatic nitrogens is 1. The number of carbonyl (C=O) groups is 1. The number of hydrogen-bond donors (Lipinski definition) is 3. The number of carbonyl (C=O) groups excluding carboxylic acids is 1. The third kappa shape index (κ3) is 3.94. The first kappa shape index (κ1) is 17.5. The lowest BCUT2D eigenvalue weighted by atomic mass is 10.1. The van der Waals surface area contributed by atoms with Crippen molar-refractivity contribution in [1.29, 1.82) is 0 Å². The molecule has 1 amide bonds. The van der Waals surface area contributed by atoms with Gasteiger partial charge >= 0.3 is 0 Å². The molecule has 0 atom stereocenters. The maximum absolute atomic E-state index is 12.6. The van der Waals surface area contributed by atoms with E-state index in [-0.39, 0.29) is 5.91 Å². The number of anilines is 3. The largest absolute Gasteiger partial charge is 0.397 e. The summed E-state index contributed by atoms with van der Waals surface area (Å²) in [4.78, 5) is 20.3. The molecule has 0 unspecified atom stereocenters. The van der Waals surface area contributed by atoms with Crippen LogP contribution < -0.4 is 21.3 Å². The molecule has 0 saturated carbocycles. The Balaban J connectivity index is 1.49. The van der Waals surface area contributed by atoms with Crippen LogP contribution in [0.4, 0.5) is 17.1 Å². The molecule has 1 aliphatic heterocycles. The number of hydrogen-bond acceptors (Lipinski definition) is 6. The number of amides is 1. The first-order chi connectivity index (χ1) is 13.2. The molecule has 0 aliphatic carbocycles. The van der Waals surface area contributed by atoms with E-state index in [0.29, 0.717) is 17.1 Å². The Morgan fingerprint density at radius 3 is 2.74 bits per heavy atom. The van der Waals surface area contributed by atoms with Crippen LogP contribution in [0.5, 0.6) is 0 Å². The predicted octanol–water partition coefficient (Wildman–Crippen LogP) is 3.05. The van der Waals surface area contributed by atoms with Crippen molar-refractivity contribution in [3.05, 3.63) is 59.7 Å². The second-order valence-electron chi connectivity index (χ2n) is 6.37. The third-order valence-electron chi connectivity index (χ3n) is 4.57. The smallest absolute Gasteiger partial charge is 0.274 e. The molecular formula is C20H21N5OS. The summed E-state index contributed by atoms with van der Waals surface area (Å²) in [5, 5.41) is 8.23. The van der Waals surface area contributed by atoms with Crippen LogP contribution in [0.1, 0.15) is 10.5 Å². The van der Waals surface area contributed by atoms with E-state index in [1.54, 1.807) is 23.6 Å². The molecule has 6 nitrogen and oxygen atoms in total. The van der Waals surface area contributed by atoms with Crippen LogP contribution in [0.2, 0.25) is 0 Å². The van der Waals surface area contributed by atoms with Crippen molar-refractivity contribution >= 4 is 34.3 Å². The number of benzene rings is 1. The lowest BCUT2D eigenvalue weighted by molar-refractivity contribution is 0.102. The Labute approximate surface area is 162 Å². The summed E-state index contributed by atoms with van der Waals surface area (Å²) in [5.74, 6) is -0.267. The predicted molar refractivity (Wildman–Crippen MR) is 111 cm³/mol. The first-order valence-electron chi connectivity index (χ1n) is 8.87. The summed E-state index contributed by atoms with van der Waals surface area (Å²) in [6.07, 6.45) is 1.76. The minimum atomic E-state index is -0.267. The molecule has 1 fully saturated rings. The van der Waals surface area contributed by atoms with Crippen molar-refractivity contribution in [2.45, 2.75) is 0 Å². The van der Waals surface area contributed by atoms with Gasteiger partial charge in [-0.2, -0.15) is 0 Å². The van der Waals surface area contributed by atoms with Gasteiger partial charge in [0.1, 0.15) is 5.69 Å². The molecule has 1 aliphatic rings. The number of rotatable bonds is 4. The molecule has 4 N–H and O–H groups in total. The monoisotopic (exact) mass is 379 g/mol. The number of piperazine rings is 1. The Morgan fingerprint density at radius 1 is 1.19 bits per heavy atom. The molecule has 0 radical (unpaired) electrons. The summed E-state index contributed by atoms with van der Waals surface area (Å²) in [7, 11) is 0. The molecule has 0 bridgehead atoms. The van der Waals surface area contributed by atoms with Crippen LogP contribution in [0, 0.1) is 0 Å². The highest BCUT2D eigenvalue weighted by atomic mass is 32.1. The van der Waals surface area contributed by atoms with Gasteiger partial charge in [-0.3, -0.25) is 4.79 Å². The van der Waals surface area contributed by atoms with Crippen LogP contribution >= 0.6 is 11.3 Å². The van der Waals surface area contributed by atoms with Crippen LogP contribution in [0.3, 0.4) is 0 Å². The Morgan fingerprint density at radius 2 is 2.04 bits per heavy atom. The average Bonchev–Trinajstić information content (AvgIpc) is 3.25. The fourth-order valence-electron chi connectivity index (χ4n) is 3.08. The molecule has 3 heterocycles. The van der Waals surface area contributed by atoms with Gasteiger partial charge in [-0.15, -0.1) is 11.3 Å². The van der Waals surface area contributed by atoms with Crippen molar-refractivity contribution in [3.63, 3.8) is 0 Å². The second-order valence-corrected chi connectivity index (χ2v) is 7.32. The summed E-state index contributed by atoms with van der Waals surface area (Å²) >= 11 is 1.65. The van der Waals surface area contributed by atoms with Crippen molar-refractivity contribution in [2.24, 2.45) is 0 Å². The van der Waals surface area contributed by atoms with E-state index in [1.807, 2.05) is 41.8 Å². The van der Waals surface area contributed by atoms with Gasteiger partial charge in [0.2, 0.25) is 0 Å². The zero-order chi connectivity index (χ0) is 18.6. The average molecular weight is 379 g/mol. The zero-order valence-electron chi connectivity index (χ0n) is 14.8. The molecule has 7 heteroatoms.